The lowest BCUT2D eigenvalue weighted by molar-refractivity contribution is -0.139. The number of hydrogen-bond donors (Lipinski definition) is 0. The van der Waals surface area contributed by atoms with Crippen molar-refractivity contribution in [3.63, 3.8) is 0 Å². The Kier molecular flexibility index (Phi) is 5.57. The molecule has 0 N–H and O–H groups in total. The summed E-state index contributed by atoms with van der Waals surface area (Å²) < 4.78 is 16.5. The van der Waals surface area contributed by atoms with Crippen molar-refractivity contribution in [2.75, 3.05) is 13.7 Å². The van der Waals surface area contributed by atoms with Crippen LogP contribution in [-0.2, 0) is 19.1 Å². The van der Waals surface area contributed by atoms with E-state index in [0.717, 1.165) is 5.56 Å². The van der Waals surface area contributed by atoms with Gasteiger partial charge in [-0.05, 0) is 37.0 Å². The summed E-state index contributed by atoms with van der Waals surface area (Å²) in [4.78, 5) is 25.9. The SMILES string of the molecule is CCOC(=O)C1=C(C)OC2=C(C(=O)CC(C)(C)C2)C1c1ccc(OC)c(Cl)c1. The van der Waals surface area contributed by atoms with E-state index in [0.29, 0.717) is 46.3 Å². The highest BCUT2D eigenvalue weighted by Gasteiger charge is 2.44. The Labute approximate surface area is 170 Å². The first-order valence-corrected chi connectivity index (χ1v) is 9.71. The molecule has 0 radical (unpaired) electrons. The third kappa shape index (κ3) is 3.68. The van der Waals surface area contributed by atoms with Crippen molar-refractivity contribution in [2.45, 2.75) is 46.5 Å². The summed E-state index contributed by atoms with van der Waals surface area (Å²) in [7, 11) is 1.54. The van der Waals surface area contributed by atoms with Gasteiger partial charge in [0.05, 0.1) is 30.2 Å². The van der Waals surface area contributed by atoms with E-state index in [4.69, 9.17) is 25.8 Å². The number of methoxy groups -OCH3 is 1. The number of halogens is 1. The molecule has 1 aromatic rings. The zero-order valence-electron chi connectivity index (χ0n) is 16.8. The second-order valence-electron chi connectivity index (χ2n) is 7.90. The Morgan fingerprint density at radius 2 is 2.04 bits per heavy atom. The molecule has 6 heteroatoms. The highest BCUT2D eigenvalue weighted by molar-refractivity contribution is 6.32. The maximum atomic E-state index is 13.1. The van der Waals surface area contributed by atoms with E-state index in [9.17, 15) is 9.59 Å². The van der Waals surface area contributed by atoms with Gasteiger partial charge in [0, 0.05) is 18.4 Å². The van der Waals surface area contributed by atoms with Gasteiger partial charge in [0.25, 0.3) is 0 Å². The molecule has 0 spiro atoms. The van der Waals surface area contributed by atoms with Crippen molar-refractivity contribution in [3.05, 3.63) is 51.4 Å². The van der Waals surface area contributed by atoms with E-state index in [2.05, 4.69) is 0 Å². The van der Waals surface area contributed by atoms with Crippen LogP contribution >= 0.6 is 11.6 Å². The summed E-state index contributed by atoms with van der Waals surface area (Å²) in [5.41, 5.74) is 1.40. The van der Waals surface area contributed by atoms with Crippen molar-refractivity contribution in [1.82, 2.24) is 0 Å². The van der Waals surface area contributed by atoms with Gasteiger partial charge in [-0.1, -0.05) is 31.5 Å². The number of allylic oxidation sites excluding steroid dienone is 3. The first-order chi connectivity index (χ1) is 13.2. The van der Waals surface area contributed by atoms with Gasteiger partial charge in [-0.3, -0.25) is 4.79 Å². The quantitative estimate of drug-likeness (QED) is 0.665. The van der Waals surface area contributed by atoms with Gasteiger partial charge in [-0.15, -0.1) is 0 Å². The first-order valence-electron chi connectivity index (χ1n) is 9.34. The maximum Gasteiger partial charge on any atom is 0.338 e. The second-order valence-corrected chi connectivity index (χ2v) is 8.30. The summed E-state index contributed by atoms with van der Waals surface area (Å²) in [5.74, 6) is 0.540. The van der Waals surface area contributed by atoms with Crippen LogP contribution in [0.2, 0.25) is 5.02 Å². The third-order valence-electron chi connectivity index (χ3n) is 5.12. The summed E-state index contributed by atoms with van der Waals surface area (Å²) in [6.07, 6.45) is 1.02. The molecular formula is C22H25ClO5. The van der Waals surface area contributed by atoms with Gasteiger partial charge >= 0.3 is 5.97 Å². The molecule has 3 rings (SSSR count). The molecule has 1 unspecified atom stereocenters. The molecule has 2 aliphatic rings. The molecule has 0 saturated carbocycles. The average Bonchev–Trinajstić information content (AvgIpc) is 2.59. The van der Waals surface area contributed by atoms with Crippen LogP contribution < -0.4 is 4.74 Å². The summed E-state index contributed by atoms with van der Waals surface area (Å²) >= 11 is 6.34. The van der Waals surface area contributed by atoms with Crippen LogP contribution in [0.4, 0.5) is 0 Å². The minimum absolute atomic E-state index is 0.0162. The Balaban J connectivity index is 2.19. The normalized spacial score (nSPS) is 21.2. The zero-order chi connectivity index (χ0) is 20.6. The molecule has 0 fully saturated rings. The highest BCUT2D eigenvalue weighted by atomic mass is 35.5. The topological polar surface area (TPSA) is 61.8 Å². The lowest BCUT2D eigenvalue weighted by atomic mass is 9.70. The summed E-state index contributed by atoms with van der Waals surface area (Å²) in [6, 6.07) is 5.30. The lowest BCUT2D eigenvalue weighted by Gasteiger charge is -2.38. The van der Waals surface area contributed by atoms with E-state index in [1.54, 1.807) is 26.0 Å². The number of ether oxygens (including phenoxy) is 3. The summed E-state index contributed by atoms with van der Waals surface area (Å²) in [5, 5.41) is 0.415. The predicted molar refractivity (Wildman–Crippen MR) is 106 cm³/mol. The van der Waals surface area contributed by atoms with E-state index < -0.39 is 11.9 Å². The van der Waals surface area contributed by atoms with Crippen molar-refractivity contribution in [2.24, 2.45) is 5.41 Å². The molecule has 1 aliphatic heterocycles. The molecule has 5 nitrogen and oxygen atoms in total. The number of hydrogen-bond acceptors (Lipinski definition) is 5. The number of benzene rings is 1. The fraction of sp³-hybridized carbons (Fsp3) is 0.455. The fourth-order valence-corrected chi connectivity index (χ4v) is 4.21. The first kappa shape index (κ1) is 20.5. The number of carbonyl (C=O) groups is 2. The van der Waals surface area contributed by atoms with Crippen LogP contribution in [0, 0.1) is 5.41 Å². The number of Topliss-reactive ketones (excluding diaryl/α,β-unsaturated/α-hetero) is 1. The van der Waals surface area contributed by atoms with Gasteiger partial charge in [0.2, 0.25) is 0 Å². The van der Waals surface area contributed by atoms with E-state index >= 15 is 0 Å². The predicted octanol–water partition coefficient (Wildman–Crippen LogP) is 4.94. The highest BCUT2D eigenvalue weighted by Crippen LogP contribution is 2.49. The second kappa shape index (κ2) is 7.63. The van der Waals surface area contributed by atoms with Crippen molar-refractivity contribution in [1.29, 1.82) is 0 Å². The number of rotatable bonds is 4. The molecule has 0 bridgehead atoms. The van der Waals surface area contributed by atoms with Crippen molar-refractivity contribution in [3.8, 4) is 5.75 Å². The molecule has 1 heterocycles. The number of ketones is 1. The van der Waals surface area contributed by atoms with E-state index in [1.165, 1.54) is 7.11 Å². The van der Waals surface area contributed by atoms with Crippen LogP contribution in [-0.4, -0.2) is 25.5 Å². The molecule has 0 amide bonds. The van der Waals surface area contributed by atoms with Crippen LogP contribution in [0.15, 0.2) is 40.9 Å². The Morgan fingerprint density at radius 1 is 1.32 bits per heavy atom. The molecule has 1 atom stereocenters. The van der Waals surface area contributed by atoms with E-state index in [1.807, 2.05) is 19.9 Å². The minimum Gasteiger partial charge on any atom is -0.495 e. The van der Waals surface area contributed by atoms with Gasteiger partial charge in [-0.25, -0.2) is 4.79 Å². The fourth-order valence-electron chi connectivity index (χ4n) is 3.94. The van der Waals surface area contributed by atoms with Crippen LogP contribution in [0.5, 0.6) is 5.75 Å². The van der Waals surface area contributed by atoms with Crippen molar-refractivity contribution < 1.29 is 23.8 Å². The largest absolute Gasteiger partial charge is 0.495 e. The molecule has 0 saturated heterocycles. The van der Waals surface area contributed by atoms with Gasteiger partial charge in [0.1, 0.15) is 17.3 Å². The molecule has 150 valence electrons. The molecule has 28 heavy (non-hydrogen) atoms. The lowest BCUT2D eigenvalue weighted by Crippen LogP contribution is -2.34. The van der Waals surface area contributed by atoms with E-state index in [-0.39, 0.29) is 17.8 Å². The minimum atomic E-state index is -0.574. The van der Waals surface area contributed by atoms with Crippen molar-refractivity contribution >= 4 is 23.4 Å². The maximum absolute atomic E-state index is 13.1. The molecule has 1 aromatic carbocycles. The average molecular weight is 405 g/mol. The number of esters is 1. The molecular weight excluding hydrogens is 380 g/mol. The van der Waals surface area contributed by atoms with Crippen LogP contribution in [0.25, 0.3) is 0 Å². The van der Waals surface area contributed by atoms with Gasteiger partial charge in [-0.2, -0.15) is 0 Å². The monoisotopic (exact) mass is 404 g/mol. The molecule has 0 aromatic heterocycles. The number of carbonyl (C=O) groups excluding carboxylic acids is 2. The third-order valence-corrected chi connectivity index (χ3v) is 5.41. The standard InChI is InChI=1S/C22H25ClO5/c1-6-27-21(25)18-12(2)28-17-11-22(3,4)10-15(24)20(17)19(18)13-7-8-16(26-5)14(23)9-13/h7-9,19H,6,10-11H2,1-5H3. The van der Waals surface area contributed by atoms with Gasteiger partial charge in [0.15, 0.2) is 5.78 Å². The van der Waals surface area contributed by atoms with Gasteiger partial charge < -0.3 is 14.2 Å². The Morgan fingerprint density at radius 3 is 2.64 bits per heavy atom. The van der Waals surface area contributed by atoms with Crippen LogP contribution in [0.1, 0.15) is 52.0 Å². The summed E-state index contributed by atoms with van der Waals surface area (Å²) in [6.45, 7) is 7.79. The smallest absolute Gasteiger partial charge is 0.338 e. The Hall–Kier alpha value is -2.27. The Bertz CT molecular complexity index is 894. The molecule has 1 aliphatic carbocycles. The van der Waals surface area contributed by atoms with Crippen LogP contribution in [0.3, 0.4) is 0 Å². The zero-order valence-corrected chi connectivity index (χ0v) is 17.6.